The highest BCUT2D eigenvalue weighted by atomic mass is 32.2. The first-order chi connectivity index (χ1) is 9.55. The van der Waals surface area contributed by atoms with Crippen LogP contribution in [0.25, 0.3) is 0 Å². The summed E-state index contributed by atoms with van der Waals surface area (Å²) < 4.78 is 26.6. The van der Waals surface area contributed by atoms with Crippen molar-refractivity contribution in [2.24, 2.45) is 0 Å². The van der Waals surface area contributed by atoms with Crippen LogP contribution in [0.2, 0.25) is 0 Å². The Morgan fingerprint density at radius 2 is 1.85 bits per heavy atom. The molecule has 20 heavy (non-hydrogen) atoms. The Bertz CT molecular complexity index is 660. The number of nitrogens with one attached hydrogen (secondary N) is 2. The molecule has 2 aromatic rings. The molecule has 3 N–H and O–H groups in total. The minimum absolute atomic E-state index is 0.131. The summed E-state index contributed by atoms with van der Waals surface area (Å²) in [6.45, 7) is 2.10. The second-order valence-electron chi connectivity index (χ2n) is 4.51. The lowest BCUT2D eigenvalue weighted by Crippen LogP contribution is -2.22. The molecule has 0 radical (unpaired) electrons. The molecule has 6 heteroatoms. The van der Waals surface area contributed by atoms with Gasteiger partial charge in [0.25, 0.3) is 0 Å². The van der Waals surface area contributed by atoms with Gasteiger partial charge >= 0.3 is 0 Å². The Hall–Kier alpha value is -1.63. The third-order valence-electron chi connectivity index (χ3n) is 3.09. The van der Waals surface area contributed by atoms with Crippen molar-refractivity contribution in [3.8, 4) is 0 Å². The van der Waals surface area contributed by atoms with E-state index in [2.05, 4.69) is 16.6 Å². The lowest BCUT2D eigenvalue weighted by atomic mass is 10.1. The first kappa shape index (κ1) is 14.8. The topological polar surface area (TPSA) is 82.2 Å². The zero-order chi connectivity index (χ0) is 14.6. The molecule has 0 aliphatic carbocycles. The maximum Gasteiger partial charge on any atom is 0.242 e. The Kier molecular flexibility index (Phi) is 4.59. The monoisotopic (exact) mass is 294 g/mol. The van der Waals surface area contributed by atoms with Gasteiger partial charge in [0.15, 0.2) is 0 Å². The predicted molar refractivity (Wildman–Crippen MR) is 76.6 cm³/mol. The van der Waals surface area contributed by atoms with Gasteiger partial charge in [-0.05, 0) is 23.6 Å². The van der Waals surface area contributed by atoms with Crippen LogP contribution in [0.4, 0.5) is 0 Å². The molecular formula is C14H18N2O3S. The first-order valence-corrected chi connectivity index (χ1v) is 7.89. The molecule has 0 bridgehead atoms. The van der Waals surface area contributed by atoms with Crippen molar-refractivity contribution in [2.45, 2.75) is 31.4 Å². The van der Waals surface area contributed by atoms with Crippen LogP contribution < -0.4 is 4.72 Å². The summed E-state index contributed by atoms with van der Waals surface area (Å²) in [4.78, 5) is 2.84. The lowest BCUT2D eigenvalue weighted by Gasteiger charge is -2.06. The summed E-state index contributed by atoms with van der Waals surface area (Å²) >= 11 is 0. The van der Waals surface area contributed by atoms with E-state index in [0.717, 1.165) is 12.0 Å². The Balaban J connectivity index is 2.04. The van der Waals surface area contributed by atoms with Crippen molar-refractivity contribution in [2.75, 3.05) is 0 Å². The number of benzene rings is 1. The van der Waals surface area contributed by atoms with Gasteiger partial charge in [0.05, 0.1) is 11.5 Å². The van der Waals surface area contributed by atoms with Gasteiger partial charge in [0.2, 0.25) is 10.0 Å². The minimum atomic E-state index is -3.56. The van der Waals surface area contributed by atoms with Crippen molar-refractivity contribution < 1.29 is 13.5 Å². The molecule has 0 aliphatic heterocycles. The van der Waals surface area contributed by atoms with Crippen molar-refractivity contribution in [1.29, 1.82) is 0 Å². The predicted octanol–water partition coefficient (Wildman–Crippen LogP) is 1.55. The zero-order valence-corrected chi connectivity index (χ0v) is 12.1. The van der Waals surface area contributed by atoms with E-state index in [9.17, 15) is 8.42 Å². The van der Waals surface area contributed by atoms with Gasteiger partial charge in [-0.1, -0.05) is 31.2 Å². The molecule has 108 valence electrons. The quantitative estimate of drug-likeness (QED) is 0.756. The van der Waals surface area contributed by atoms with Gasteiger partial charge in [0, 0.05) is 18.4 Å². The highest BCUT2D eigenvalue weighted by molar-refractivity contribution is 7.89. The number of rotatable bonds is 6. The van der Waals surface area contributed by atoms with Crippen molar-refractivity contribution in [3.63, 3.8) is 0 Å². The fourth-order valence-electron chi connectivity index (χ4n) is 1.82. The van der Waals surface area contributed by atoms with Gasteiger partial charge in [-0.15, -0.1) is 0 Å². The summed E-state index contributed by atoms with van der Waals surface area (Å²) in [5, 5.41) is 8.93. The van der Waals surface area contributed by atoms with Crippen LogP contribution in [-0.2, 0) is 29.6 Å². The molecule has 0 saturated heterocycles. The highest BCUT2D eigenvalue weighted by Gasteiger charge is 2.15. The third kappa shape index (κ3) is 3.47. The van der Waals surface area contributed by atoms with E-state index >= 15 is 0 Å². The van der Waals surface area contributed by atoms with Gasteiger partial charge < -0.3 is 10.1 Å². The molecular weight excluding hydrogens is 276 g/mol. The summed E-state index contributed by atoms with van der Waals surface area (Å²) in [5.74, 6) is 0. The van der Waals surface area contributed by atoms with Gasteiger partial charge in [-0.2, -0.15) is 0 Å². The molecule has 1 aromatic heterocycles. The molecule has 0 aliphatic rings. The summed E-state index contributed by atoms with van der Waals surface area (Å²) in [5.41, 5.74) is 2.59. The summed E-state index contributed by atoms with van der Waals surface area (Å²) in [6.07, 6.45) is 2.33. The fraction of sp³-hybridized carbons (Fsp3) is 0.286. The van der Waals surface area contributed by atoms with Crippen molar-refractivity contribution in [1.82, 2.24) is 9.71 Å². The average Bonchev–Trinajstić information content (AvgIpc) is 2.95. The Morgan fingerprint density at radius 1 is 1.20 bits per heavy atom. The van der Waals surface area contributed by atoms with Crippen LogP contribution in [-0.4, -0.2) is 18.5 Å². The zero-order valence-electron chi connectivity index (χ0n) is 11.3. The molecule has 1 aromatic carbocycles. The number of hydrogen-bond donors (Lipinski definition) is 3. The molecule has 0 saturated carbocycles. The molecule has 1 heterocycles. The van der Waals surface area contributed by atoms with Crippen LogP contribution in [0.5, 0.6) is 0 Å². The Morgan fingerprint density at radius 3 is 2.40 bits per heavy atom. The fourth-order valence-corrected chi connectivity index (χ4v) is 2.85. The van der Waals surface area contributed by atoms with E-state index in [4.69, 9.17) is 5.11 Å². The van der Waals surface area contributed by atoms with Crippen molar-refractivity contribution >= 4 is 10.0 Å². The SMILES string of the molecule is CCc1ccc(CNS(=O)(=O)c2c[nH]c(CO)c2)cc1. The number of aliphatic hydroxyl groups is 1. The number of H-pyrrole nitrogens is 1. The van der Waals surface area contributed by atoms with E-state index < -0.39 is 10.0 Å². The van der Waals surface area contributed by atoms with E-state index in [-0.39, 0.29) is 18.0 Å². The molecule has 5 nitrogen and oxygen atoms in total. The van der Waals surface area contributed by atoms with E-state index in [1.54, 1.807) is 0 Å². The van der Waals surface area contributed by atoms with Crippen molar-refractivity contribution in [3.05, 3.63) is 53.3 Å². The van der Waals surface area contributed by atoms with Crippen LogP contribution >= 0.6 is 0 Å². The number of aryl methyl sites for hydroxylation is 1. The maximum atomic E-state index is 12.0. The first-order valence-electron chi connectivity index (χ1n) is 6.41. The normalized spacial score (nSPS) is 11.7. The average molecular weight is 294 g/mol. The minimum Gasteiger partial charge on any atom is -0.390 e. The third-order valence-corrected chi connectivity index (χ3v) is 4.48. The number of sulfonamides is 1. The molecule has 0 unspecified atom stereocenters. The molecule has 0 atom stereocenters. The number of aromatic nitrogens is 1. The molecule has 0 amide bonds. The number of hydrogen-bond acceptors (Lipinski definition) is 3. The smallest absolute Gasteiger partial charge is 0.242 e. The lowest BCUT2D eigenvalue weighted by molar-refractivity contribution is 0.277. The van der Waals surface area contributed by atoms with Crippen LogP contribution in [0, 0.1) is 0 Å². The molecule has 0 spiro atoms. The Labute approximate surface area is 118 Å². The number of aromatic amines is 1. The summed E-state index contributed by atoms with van der Waals surface area (Å²) in [6, 6.07) is 9.23. The summed E-state index contributed by atoms with van der Waals surface area (Å²) in [7, 11) is -3.56. The second kappa shape index (κ2) is 6.21. The second-order valence-corrected chi connectivity index (χ2v) is 6.28. The van der Waals surface area contributed by atoms with E-state index in [1.807, 2.05) is 24.3 Å². The largest absolute Gasteiger partial charge is 0.390 e. The van der Waals surface area contributed by atoms with E-state index in [1.165, 1.54) is 17.8 Å². The van der Waals surface area contributed by atoms with Crippen LogP contribution in [0.1, 0.15) is 23.7 Å². The highest BCUT2D eigenvalue weighted by Crippen LogP contribution is 2.12. The molecule has 2 rings (SSSR count). The maximum absolute atomic E-state index is 12.0. The number of aliphatic hydroxyl groups excluding tert-OH is 1. The molecule has 0 fully saturated rings. The van der Waals surface area contributed by atoms with Gasteiger partial charge in [0.1, 0.15) is 0 Å². The standard InChI is InChI=1S/C14H18N2O3S/c1-2-11-3-5-12(6-4-11)8-16-20(18,19)14-7-13(10-17)15-9-14/h3-7,9,15-17H,2,8,10H2,1H3. The van der Waals surface area contributed by atoms with Gasteiger partial charge in [-0.25, -0.2) is 13.1 Å². The van der Waals surface area contributed by atoms with E-state index in [0.29, 0.717) is 5.69 Å². The van der Waals surface area contributed by atoms with Crippen LogP contribution in [0.15, 0.2) is 41.4 Å². The van der Waals surface area contributed by atoms with Gasteiger partial charge in [-0.3, -0.25) is 0 Å². The van der Waals surface area contributed by atoms with Crippen LogP contribution in [0.3, 0.4) is 0 Å².